The van der Waals surface area contributed by atoms with Gasteiger partial charge in [0.15, 0.2) is 0 Å². The molecular formula is C19H32N2O2. The maximum absolute atomic E-state index is 11.9. The Hall–Kier alpha value is -0.770. The molecule has 0 aromatic heterocycles. The van der Waals surface area contributed by atoms with Crippen molar-refractivity contribution in [1.82, 2.24) is 10.6 Å². The Bertz CT molecular complexity index is 456. The van der Waals surface area contributed by atoms with Crippen molar-refractivity contribution in [3.8, 4) is 0 Å². The third-order valence-corrected chi connectivity index (χ3v) is 6.71. The Morgan fingerprint density at radius 1 is 1.09 bits per heavy atom. The lowest BCUT2D eigenvalue weighted by Crippen LogP contribution is -2.42. The number of carbonyl (C=O) groups is 1. The fourth-order valence-electron chi connectivity index (χ4n) is 5.82. The van der Waals surface area contributed by atoms with Crippen LogP contribution >= 0.6 is 0 Å². The number of amides is 1. The molecule has 23 heavy (non-hydrogen) atoms. The van der Waals surface area contributed by atoms with Crippen LogP contribution in [0.15, 0.2) is 0 Å². The van der Waals surface area contributed by atoms with Crippen molar-refractivity contribution in [2.24, 2.45) is 29.6 Å². The summed E-state index contributed by atoms with van der Waals surface area (Å²) in [5, 5.41) is 6.97. The molecule has 6 atom stereocenters. The molecule has 0 radical (unpaired) electrons. The first-order chi connectivity index (χ1) is 10.9. The Morgan fingerprint density at radius 3 is 2.43 bits per heavy atom. The van der Waals surface area contributed by atoms with E-state index in [-0.39, 0.29) is 6.09 Å². The van der Waals surface area contributed by atoms with Crippen LogP contribution in [-0.4, -0.2) is 30.3 Å². The van der Waals surface area contributed by atoms with Gasteiger partial charge in [-0.2, -0.15) is 0 Å². The Morgan fingerprint density at radius 2 is 1.78 bits per heavy atom. The van der Waals surface area contributed by atoms with Gasteiger partial charge in [-0.25, -0.2) is 4.79 Å². The molecule has 4 saturated carbocycles. The van der Waals surface area contributed by atoms with Gasteiger partial charge in [-0.15, -0.1) is 0 Å². The van der Waals surface area contributed by atoms with Gasteiger partial charge in [-0.1, -0.05) is 6.42 Å². The predicted molar refractivity (Wildman–Crippen MR) is 90.1 cm³/mol. The minimum atomic E-state index is -0.415. The van der Waals surface area contributed by atoms with Gasteiger partial charge < -0.3 is 15.4 Å². The zero-order valence-electron chi connectivity index (χ0n) is 14.8. The van der Waals surface area contributed by atoms with Crippen LogP contribution in [0.1, 0.15) is 59.3 Å². The first-order valence-corrected chi connectivity index (χ1v) is 9.65. The van der Waals surface area contributed by atoms with E-state index in [1.165, 1.54) is 38.5 Å². The summed E-state index contributed by atoms with van der Waals surface area (Å²) in [7, 11) is 0. The topological polar surface area (TPSA) is 50.4 Å². The predicted octanol–water partition coefficient (Wildman–Crippen LogP) is 3.31. The van der Waals surface area contributed by atoms with E-state index in [0.29, 0.717) is 12.0 Å². The Labute approximate surface area is 140 Å². The second-order valence-electron chi connectivity index (χ2n) is 9.36. The van der Waals surface area contributed by atoms with Crippen molar-refractivity contribution >= 4 is 6.09 Å². The summed E-state index contributed by atoms with van der Waals surface area (Å²) in [6.45, 7) is 6.48. The van der Waals surface area contributed by atoms with E-state index in [1.54, 1.807) is 0 Å². The first-order valence-electron chi connectivity index (χ1n) is 9.65. The van der Waals surface area contributed by atoms with E-state index in [0.717, 1.165) is 36.3 Å². The highest BCUT2D eigenvalue weighted by atomic mass is 16.6. The van der Waals surface area contributed by atoms with Crippen LogP contribution < -0.4 is 10.6 Å². The molecule has 4 aliphatic rings. The van der Waals surface area contributed by atoms with Gasteiger partial charge in [0, 0.05) is 18.6 Å². The van der Waals surface area contributed by atoms with Crippen molar-refractivity contribution in [2.75, 3.05) is 6.54 Å². The number of rotatable bonds is 4. The van der Waals surface area contributed by atoms with Crippen LogP contribution in [0.2, 0.25) is 0 Å². The summed E-state index contributed by atoms with van der Waals surface area (Å²) in [6.07, 6.45) is 7.99. The van der Waals surface area contributed by atoms with Crippen molar-refractivity contribution in [3.63, 3.8) is 0 Å². The van der Waals surface area contributed by atoms with Crippen LogP contribution in [-0.2, 0) is 4.74 Å². The fourth-order valence-corrected chi connectivity index (χ4v) is 5.82. The summed E-state index contributed by atoms with van der Waals surface area (Å²) < 4.78 is 5.35. The molecule has 1 amide bonds. The highest BCUT2D eigenvalue weighted by Gasteiger charge is 2.65. The summed E-state index contributed by atoms with van der Waals surface area (Å²) in [5.74, 6) is 4.62. The largest absolute Gasteiger partial charge is 0.444 e. The van der Waals surface area contributed by atoms with Gasteiger partial charge in [-0.3, -0.25) is 0 Å². The summed E-state index contributed by atoms with van der Waals surface area (Å²) in [6, 6.07) is 1.40. The van der Waals surface area contributed by atoms with Crippen LogP contribution in [0.25, 0.3) is 0 Å². The van der Waals surface area contributed by atoms with Gasteiger partial charge in [0.1, 0.15) is 5.60 Å². The monoisotopic (exact) mass is 320 g/mol. The average molecular weight is 320 g/mol. The van der Waals surface area contributed by atoms with Crippen LogP contribution in [0.5, 0.6) is 0 Å². The number of carbonyl (C=O) groups excluding carboxylic acids is 1. The zero-order chi connectivity index (χ0) is 16.2. The second-order valence-corrected chi connectivity index (χ2v) is 9.36. The van der Waals surface area contributed by atoms with Gasteiger partial charge in [0.25, 0.3) is 0 Å². The molecule has 130 valence electrons. The fraction of sp³-hybridized carbons (Fsp3) is 0.947. The number of hydrogen-bond acceptors (Lipinski definition) is 3. The number of fused-ring (bicyclic) bond motifs is 5. The molecule has 6 unspecified atom stereocenters. The molecule has 2 bridgehead atoms. The van der Waals surface area contributed by atoms with Gasteiger partial charge in [-0.05, 0) is 82.5 Å². The van der Waals surface area contributed by atoms with Gasteiger partial charge in [0.2, 0.25) is 0 Å². The summed E-state index contributed by atoms with van der Waals surface area (Å²) >= 11 is 0. The molecule has 4 rings (SSSR count). The maximum atomic E-state index is 11.9. The SMILES string of the molecule is CC(C)(C)OC(=O)NCC1CCCC1NC1C2C3CCC(C3)C12. The highest BCUT2D eigenvalue weighted by molar-refractivity contribution is 5.67. The normalized spacial score (nSPS) is 44.2. The molecule has 4 heteroatoms. The highest BCUT2D eigenvalue weighted by Crippen LogP contribution is 2.65. The minimum Gasteiger partial charge on any atom is -0.444 e. The lowest BCUT2D eigenvalue weighted by Gasteiger charge is -2.24. The second kappa shape index (κ2) is 5.65. The van der Waals surface area contributed by atoms with E-state index in [9.17, 15) is 4.79 Å². The van der Waals surface area contributed by atoms with Crippen LogP contribution in [0.4, 0.5) is 4.79 Å². The van der Waals surface area contributed by atoms with E-state index < -0.39 is 5.60 Å². The van der Waals surface area contributed by atoms with E-state index >= 15 is 0 Å². The van der Waals surface area contributed by atoms with E-state index in [2.05, 4.69) is 10.6 Å². The molecule has 0 saturated heterocycles. The van der Waals surface area contributed by atoms with Gasteiger partial charge in [0.05, 0.1) is 0 Å². The summed E-state index contributed by atoms with van der Waals surface area (Å²) in [4.78, 5) is 11.9. The Kier molecular flexibility index (Phi) is 3.86. The van der Waals surface area contributed by atoms with Crippen LogP contribution in [0, 0.1) is 29.6 Å². The lowest BCUT2D eigenvalue weighted by molar-refractivity contribution is 0.0517. The third kappa shape index (κ3) is 3.11. The molecule has 0 heterocycles. The smallest absolute Gasteiger partial charge is 0.407 e. The van der Waals surface area contributed by atoms with Gasteiger partial charge >= 0.3 is 6.09 Å². The molecule has 0 aromatic carbocycles. The van der Waals surface area contributed by atoms with Crippen molar-refractivity contribution in [1.29, 1.82) is 0 Å². The van der Waals surface area contributed by atoms with Crippen molar-refractivity contribution in [3.05, 3.63) is 0 Å². The van der Waals surface area contributed by atoms with Crippen LogP contribution in [0.3, 0.4) is 0 Å². The number of hydrogen-bond donors (Lipinski definition) is 2. The van der Waals surface area contributed by atoms with Crippen molar-refractivity contribution < 1.29 is 9.53 Å². The minimum absolute atomic E-state index is 0.274. The standard InChI is InChI=1S/C19H32N2O2/c1-19(2,3)23-18(22)20-10-13-5-4-6-14(13)21-17-15-11-7-8-12(9-11)16(15)17/h11-17,21H,4-10H2,1-3H3,(H,20,22). The van der Waals surface area contributed by atoms with E-state index in [1.807, 2.05) is 20.8 Å². The molecule has 4 aliphatic carbocycles. The molecule has 0 spiro atoms. The Balaban J connectivity index is 1.24. The quantitative estimate of drug-likeness (QED) is 0.835. The molecular weight excluding hydrogens is 288 g/mol. The molecule has 4 nitrogen and oxygen atoms in total. The first kappa shape index (κ1) is 15.7. The van der Waals surface area contributed by atoms with Crippen molar-refractivity contribution in [2.45, 2.75) is 77.0 Å². The summed E-state index contributed by atoms with van der Waals surface area (Å²) in [5.41, 5.74) is -0.415. The third-order valence-electron chi connectivity index (χ3n) is 6.71. The maximum Gasteiger partial charge on any atom is 0.407 e. The number of nitrogens with one attached hydrogen (secondary N) is 2. The molecule has 0 aliphatic heterocycles. The average Bonchev–Trinajstić information content (AvgIpc) is 2.86. The van der Waals surface area contributed by atoms with E-state index in [4.69, 9.17) is 4.74 Å². The molecule has 2 N–H and O–H groups in total. The zero-order valence-corrected chi connectivity index (χ0v) is 14.8. The molecule has 4 fully saturated rings. The lowest BCUT2D eigenvalue weighted by atomic mass is 10.0. The number of ether oxygens (including phenoxy) is 1. The number of alkyl carbamates (subject to hydrolysis) is 1. The molecule has 0 aromatic rings.